The molecule has 0 bridgehead atoms. The number of imidazole rings is 1. The fourth-order valence-electron chi connectivity index (χ4n) is 0.823. The van der Waals surface area contributed by atoms with Gasteiger partial charge in [0.2, 0.25) is 5.91 Å². The fraction of sp³-hybridized carbons (Fsp3) is 0.429. The predicted octanol–water partition coefficient (Wildman–Crippen LogP) is 0.00662. The molecule has 0 unspecified atom stereocenters. The van der Waals surface area contributed by atoms with Gasteiger partial charge in [0.25, 0.3) is 0 Å². The Morgan fingerprint density at radius 3 is 3.00 bits per heavy atom. The molecule has 0 aliphatic rings. The first kappa shape index (κ1) is 7.78. The Morgan fingerprint density at radius 1 is 1.82 bits per heavy atom. The summed E-state index contributed by atoms with van der Waals surface area (Å²) in [5.74, 6) is 0.831. The van der Waals surface area contributed by atoms with Crippen molar-refractivity contribution in [1.82, 2.24) is 15.3 Å². The van der Waals surface area contributed by atoms with Crippen molar-refractivity contribution in [3.63, 3.8) is 0 Å². The van der Waals surface area contributed by atoms with Crippen LogP contribution in [-0.2, 0) is 11.2 Å². The molecule has 0 radical (unpaired) electrons. The second-order valence-electron chi connectivity index (χ2n) is 2.34. The van der Waals surface area contributed by atoms with Crippen molar-refractivity contribution < 1.29 is 4.79 Å². The summed E-state index contributed by atoms with van der Waals surface area (Å²) in [4.78, 5) is 17.8. The highest BCUT2D eigenvalue weighted by atomic mass is 16.1. The van der Waals surface area contributed by atoms with Crippen LogP contribution in [0.25, 0.3) is 0 Å². The van der Waals surface area contributed by atoms with E-state index in [-0.39, 0.29) is 5.91 Å². The highest BCUT2D eigenvalue weighted by Crippen LogP contribution is 1.95. The van der Waals surface area contributed by atoms with Crippen LogP contribution >= 0.6 is 0 Å². The summed E-state index contributed by atoms with van der Waals surface area (Å²) in [6.45, 7) is 1.85. The number of carbonyl (C=O) groups excluding carboxylic acids is 1. The Labute approximate surface area is 65.0 Å². The second kappa shape index (κ2) is 3.18. The Bertz CT molecular complexity index is 254. The van der Waals surface area contributed by atoms with Gasteiger partial charge in [-0.3, -0.25) is 4.79 Å². The van der Waals surface area contributed by atoms with Crippen molar-refractivity contribution in [2.24, 2.45) is 0 Å². The molecule has 11 heavy (non-hydrogen) atoms. The molecule has 0 aliphatic carbocycles. The molecular formula is C7H11N3O. The molecular weight excluding hydrogens is 142 g/mol. The largest absolute Gasteiger partial charge is 0.359 e. The highest BCUT2D eigenvalue weighted by molar-refractivity contribution is 5.77. The van der Waals surface area contributed by atoms with Gasteiger partial charge in [0.05, 0.1) is 6.42 Å². The number of hydrogen-bond acceptors (Lipinski definition) is 2. The Morgan fingerprint density at radius 2 is 2.55 bits per heavy atom. The molecule has 1 heterocycles. The lowest BCUT2D eigenvalue weighted by Gasteiger charge is -1.94. The Balaban J connectivity index is 2.57. The van der Waals surface area contributed by atoms with Crippen LogP contribution in [0.15, 0.2) is 6.20 Å². The standard InChI is InChI=1S/C7H11N3O/c1-5-9-4-6(10-5)3-7(11)8-2/h4H,3H2,1-2H3,(H,8,11)(H,9,10). The molecule has 1 aromatic heterocycles. The molecule has 0 aliphatic heterocycles. The first-order valence-corrected chi connectivity index (χ1v) is 3.43. The van der Waals surface area contributed by atoms with E-state index < -0.39 is 0 Å². The number of likely N-dealkylation sites (N-methyl/N-ethyl adjacent to an activating group) is 1. The quantitative estimate of drug-likeness (QED) is 0.628. The topological polar surface area (TPSA) is 57.8 Å². The summed E-state index contributed by atoms with van der Waals surface area (Å²) in [5.41, 5.74) is 0.849. The van der Waals surface area contributed by atoms with Crippen molar-refractivity contribution >= 4 is 5.91 Å². The minimum atomic E-state index is -0.00588. The van der Waals surface area contributed by atoms with Gasteiger partial charge in [-0.2, -0.15) is 0 Å². The summed E-state index contributed by atoms with van der Waals surface area (Å²) in [5, 5.41) is 2.54. The molecule has 4 nitrogen and oxygen atoms in total. The van der Waals surface area contributed by atoms with Crippen molar-refractivity contribution in [2.75, 3.05) is 7.05 Å². The molecule has 2 N–H and O–H groups in total. The highest BCUT2D eigenvalue weighted by Gasteiger charge is 2.01. The van der Waals surface area contributed by atoms with E-state index in [2.05, 4.69) is 15.3 Å². The minimum absolute atomic E-state index is 0.00588. The molecule has 0 spiro atoms. The first-order valence-electron chi connectivity index (χ1n) is 3.43. The average Bonchev–Trinajstić information content (AvgIpc) is 2.35. The van der Waals surface area contributed by atoms with Gasteiger partial charge in [0, 0.05) is 18.9 Å². The van der Waals surface area contributed by atoms with Crippen LogP contribution in [0, 0.1) is 6.92 Å². The first-order chi connectivity index (χ1) is 5.22. The Hall–Kier alpha value is -1.32. The van der Waals surface area contributed by atoms with Crippen LogP contribution in [0.2, 0.25) is 0 Å². The third-order valence-electron chi connectivity index (χ3n) is 1.39. The van der Waals surface area contributed by atoms with Gasteiger partial charge in [0.1, 0.15) is 5.82 Å². The smallest absolute Gasteiger partial charge is 0.225 e. The van der Waals surface area contributed by atoms with Crippen LogP contribution in [0.5, 0.6) is 0 Å². The maximum absolute atomic E-state index is 10.8. The van der Waals surface area contributed by atoms with E-state index in [1.165, 1.54) is 0 Å². The molecule has 1 amide bonds. The van der Waals surface area contributed by atoms with E-state index >= 15 is 0 Å². The molecule has 0 aromatic carbocycles. The van der Waals surface area contributed by atoms with Crippen LogP contribution in [0.4, 0.5) is 0 Å². The monoisotopic (exact) mass is 153 g/mol. The van der Waals surface area contributed by atoms with Crippen LogP contribution in [-0.4, -0.2) is 22.9 Å². The molecule has 1 rings (SSSR count). The number of nitrogens with one attached hydrogen (secondary N) is 2. The van der Waals surface area contributed by atoms with E-state index in [0.717, 1.165) is 11.5 Å². The lowest BCUT2D eigenvalue weighted by atomic mass is 10.3. The van der Waals surface area contributed by atoms with Crippen molar-refractivity contribution in [3.8, 4) is 0 Å². The predicted molar refractivity (Wildman–Crippen MR) is 41.1 cm³/mol. The number of aryl methyl sites for hydroxylation is 1. The van der Waals surface area contributed by atoms with E-state index in [1.54, 1.807) is 13.2 Å². The number of amides is 1. The number of aromatic nitrogens is 2. The molecule has 0 saturated carbocycles. The molecule has 1 aromatic rings. The van der Waals surface area contributed by atoms with Crippen molar-refractivity contribution in [2.45, 2.75) is 13.3 Å². The molecule has 0 fully saturated rings. The molecule has 0 saturated heterocycles. The van der Waals surface area contributed by atoms with Gasteiger partial charge >= 0.3 is 0 Å². The minimum Gasteiger partial charge on any atom is -0.359 e. The lowest BCUT2D eigenvalue weighted by Crippen LogP contribution is -2.20. The zero-order valence-corrected chi connectivity index (χ0v) is 6.64. The van der Waals surface area contributed by atoms with E-state index in [1.807, 2.05) is 6.92 Å². The summed E-state index contributed by atoms with van der Waals surface area (Å²) in [7, 11) is 1.62. The normalized spacial score (nSPS) is 9.64. The number of nitrogens with zero attached hydrogens (tertiary/aromatic N) is 1. The van der Waals surface area contributed by atoms with Gasteiger partial charge in [-0.1, -0.05) is 0 Å². The van der Waals surface area contributed by atoms with Crippen LogP contribution < -0.4 is 5.32 Å². The van der Waals surface area contributed by atoms with Crippen LogP contribution in [0.1, 0.15) is 11.5 Å². The Kier molecular flexibility index (Phi) is 2.25. The number of rotatable bonds is 2. The van der Waals surface area contributed by atoms with Gasteiger partial charge < -0.3 is 10.3 Å². The molecule has 0 atom stereocenters. The number of hydrogen-bond donors (Lipinski definition) is 2. The maximum atomic E-state index is 10.8. The summed E-state index contributed by atoms with van der Waals surface area (Å²) < 4.78 is 0. The zero-order chi connectivity index (χ0) is 8.27. The molecule has 4 heteroatoms. The van der Waals surface area contributed by atoms with E-state index in [0.29, 0.717) is 6.42 Å². The van der Waals surface area contributed by atoms with E-state index in [9.17, 15) is 4.79 Å². The zero-order valence-electron chi connectivity index (χ0n) is 6.64. The lowest BCUT2D eigenvalue weighted by molar-refractivity contribution is -0.120. The number of H-pyrrole nitrogens is 1. The van der Waals surface area contributed by atoms with Gasteiger partial charge in [-0.25, -0.2) is 4.98 Å². The van der Waals surface area contributed by atoms with Gasteiger partial charge in [-0.05, 0) is 6.92 Å². The van der Waals surface area contributed by atoms with E-state index in [4.69, 9.17) is 0 Å². The third kappa shape index (κ3) is 2.07. The summed E-state index contributed by atoms with van der Waals surface area (Å²) in [6, 6.07) is 0. The number of aromatic amines is 1. The van der Waals surface area contributed by atoms with Crippen LogP contribution in [0.3, 0.4) is 0 Å². The van der Waals surface area contributed by atoms with Crippen molar-refractivity contribution in [1.29, 1.82) is 0 Å². The maximum Gasteiger partial charge on any atom is 0.225 e. The number of carbonyl (C=O) groups is 1. The van der Waals surface area contributed by atoms with Gasteiger partial charge in [0.15, 0.2) is 0 Å². The second-order valence-corrected chi connectivity index (χ2v) is 2.34. The molecule has 60 valence electrons. The van der Waals surface area contributed by atoms with Gasteiger partial charge in [-0.15, -0.1) is 0 Å². The third-order valence-corrected chi connectivity index (χ3v) is 1.39. The summed E-state index contributed by atoms with van der Waals surface area (Å²) in [6.07, 6.45) is 2.04. The van der Waals surface area contributed by atoms with Crippen molar-refractivity contribution in [3.05, 3.63) is 17.7 Å². The SMILES string of the molecule is CNC(=O)Cc1cnc(C)[nH]1. The average molecular weight is 153 g/mol. The fourth-order valence-corrected chi connectivity index (χ4v) is 0.823. The summed E-state index contributed by atoms with van der Waals surface area (Å²) >= 11 is 0.